The minimum atomic E-state index is -0.0368. The van der Waals surface area contributed by atoms with Gasteiger partial charge in [-0.3, -0.25) is 0 Å². The zero-order valence-electron chi connectivity index (χ0n) is 13.6. The molecule has 2 unspecified atom stereocenters. The van der Waals surface area contributed by atoms with Gasteiger partial charge < -0.3 is 9.84 Å². The van der Waals surface area contributed by atoms with Crippen molar-refractivity contribution in [1.29, 1.82) is 0 Å². The topological polar surface area (TPSA) is 32.8 Å². The third-order valence-corrected chi connectivity index (χ3v) is 8.91. The quantitative estimate of drug-likeness (QED) is 0.689. The second-order valence-corrected chi connectivity index (χ2v) is 9.33. The van der Waals surface area contributed by atoms with E-state index in [2.05, 4.69) is 13.8 Å². The van der Waals surface area contributed by atoms with Gasteiger partial charge in [0.05, 0.1) is 18.3 Å². The lowest BCUT2D eigenvalue weighted by molar-refractivity contribution is -0.120. The van der Waals surface area contributed by atoms with Gasteiger partial charge in [0.25, 0.3) is 0 Å². The van der Waals surface area contributed by atoms with Crippen molar-refractivity contribution in [2.45, 2.75) is 83.5 Å². The molecule has 9 atom stereocenters. The summed E-state index contributed by atoms with van der Waals surface area (Å²) >= 11 is 0. The zero-order chi connectivity index (χ0) is 14.4. The molecule has 118 valence electrons. The van der Waals surface area contributed by atoms with Crippen LogP contribution in [0, 0.1) is 34.5 Å². The summed E-state index contributed by atoms with van der Waals surface area (Å²) in [5, 5.41) is 10.5. The van der Waals surface area contributed by atoms with E-state index in [9.17, 15) is 5.11 Å². The average molecular weight is 290 g/mol. The highest BCUT2D eigenvalue weighted by atomic mass is 16.6. The van der Waals surface area contributed by atoms with Crippen molar-refractivity contribution >= 4 is 0 Å². The van der Waals surface area contributed by atoms with E-state index in [0.29, 0.717) is 17.6 Å². The van der Waals surface area contributed by atoms with E-state index in [-0.39, 0.29) is 11.5 Å². The smallest absolute Gasteiger partial charge is 0.0900 e. The van der Waals surface area contributed by atoms with Crippen LogP contribution in [-0.2, 0) is 4.74 Å². The molecule has 5 rings (SSSR count). The fourth-order valence-corrected chi connectivity index (χ4v) is 7.62. The summed E-state index contributed by atoms with van der Waals surface area (Å²) in [4.78, 5) is 0. The first-order valence-electron chi connectivity index (χ1n) is 9.38. The molecule has 0 aromatic rings. The predicted molar refractivity (Wildman–Crippen MR) is 81.8 cm³/mol. The first-order valence-corrected chi connectivity index (χ1v) is 9.38. The van der Waals surface area contributed by atoms with Crippen LogP contribution in [0.2, 0.25) is 0 Å². The largest absolute Gasteiger partial charge is 0.393 e. The number of hydrogen-bond donors (Lipinski definition) is 1. The van der Waals surface area contributed by atoms with Gasteiger partial charge in [-0.15, -0.1) is 0 Å². The molecule has 2 heteroatoms. The highest BCUT2D eigenvalue weighted by Gasteiger charge is 2.67. The molecule has 1 heterocycles. The van der Waals surface area contributed by atoms with Crippen LogP contribution < -0.4 is 0 Å². The lowest BCUT2D eigenvalue weighted by atomic mass is 9.45. The average Bonchev–Trinajstić information content (AvgIpc) is 3.20. The van der Waals surface area contributed by atoms with E-state index in [1.165, 1.54) is 44.9 Å². The van der Waals surface area contributed by atoms with Crippen molar-refractivity contribution < 1.29 is 9.84 Å². The minimum absolute atomic E-state index is 0.0368. The predicted octanol–water partition coefficient (Wildman–Crippen LogP) is 3.77. The van der Waals surface area contributed by atoms with Gasteiger partial charge in [-0.1, -0.05) is 13.8 Å². The van der Waals surface area contributed by atoms with Crippen molar-refractivity contribution in [1.82, 2.24) is 0 Å². The molecular weight excluding hydrogens is 260 g/mol. The van der Waals surface area contributed by atoms with Gasteiger partial charge in [0, 0.05) is 5.41 Å². The Bertz CT molecular complexity index is 462. The number of hydrogen-bond acceptors (Lipinski definition) is 2. The fourth-order valence-electron chi connectivity index (χ4n) is 7.62. The van der Waals surface area contributed by atoms with Gasteiger partial charge in [-0.05, 0) is 80.5 Å². The standard InChI is InChI=1S/C19H30O2/c1-18-10-9-14-12(13(18)6-8-16(18)20)5-3-11-4-7-15-17(21-15)19(11,14)2/h11-17,20H,3-10H2,1-2H3/t11?,12-,13-,14-,15-,16-,17?,18-,19-/m0/s1. The lowest BCUT2D eigenvalue weighted by Crippen LogP contribution is -2.55. The van der Waals surface area contributed by atoms with E-state index < -0.39 is 0 Å². The van der Waals surface area contributed by atoms with E-state index in [0.717, 1.165) is 30.1 Å². The summed E-state index contributed by atoms with van der Waals surface area (Å²) in [6.45, 7) is 4.96. The molecule has 0 radical (unpaired) electrons. The maximum atomic E-state index is 10.5. The Morgan fingerprint density at radius 3 is 2.57 bits per heavy atom. The molecular formula is C19H30O2. The molecule has 4 saturated carbocycles. The maximum Gasteiger partial charge on any atom is 0.0900 e. The molecule has 4 aliphatic carbocycles. The van der Waals surface area contributed by atoms with Crippen molar-refractivity contribution in [3.05, 3.63) is 0 Å². The van der Waals surface area contributed by atoms with Crippen molar-refractivity contribution in [2.75, 3.05) is 0 Å². The van der Waals surface area contributed by atoms with Crippen LogP contribution in [0.3, 0.4) is 0 Å². The molecule has 0 amide bonds. The summed E-state index contributed by atoms with van der Waals surface area (Å²) in [5.41, 5.74) is 0.684. The van der Waals surface area contributed by atoms with Gasteiger partial charge in [-0.2, -0.15) is 0 Å². The third kappa shape index (κ3) is 1.52. The highest BCUT2D eigenvalue weighted by Crippen LogP contribution is 2.68. The summed E-state index contributed by atoms with van der Waals surface area (Å²) in [5.74, 6) is 3.43. The monoisotopic (exact) mass is 290 g/mol. The van der Waals surface area contributed by atoms with Crippen LogP contribution in [-0.4, -0.2) is 23.4 Å². The summed E-state index contributed by atoms with van der Waals surface area (Å²) in [7, 11) is 0. The molecule has 0 bridgehead atoms. The molecule has 0 aromatic carbocycles. The Labute approximate surface area is 128 Å². The Hall–Kier alpha value is -0.0800. The van der Waals surface area contributed by atoms with E-state index >= 15 is 0 Å². The molecule has 5 aliphatic rings. The van der Waals surface area contributed by atoms with Gasteiger partial charge in [0.15, 0.2) is 0 Å². The lowest BCUT2D eigenvalue weighted by Gasteiger charge is -2.59. The van der Waals surface area contributed by atoms with Crippen molar-refractivity contribution in [2.24, 2.45) is 34.5 Å². The van der Waals surface area contributed by atoms with Gasteiger partial charge in [0.2, 0.25) is 0 Å². The second-order valence-electron chi connectivity index (χ2n) is 9.33. The summed E-state index contributed by atoms with van der Waals surface area (Å²) in [6.07, 6.45) is 11.6. The molecule has 21 heavy (non-hydrogen) atoms. The number of ether oxygens (including phenoxy) is 1. The van der Waals surface area contributed by atoms with Crippen LogP contribution in [0.25, 0.3) is 0 Å². The van der Waals surface area contributed by atoms with E-state index in [4.69, 9.17) is 4.74 Å². The molecule has 1 aliphatic heterocycles. The summed E-state index contributed by atoms with van der Waals surface area (Å²) in [6, 6.07) is 0. The Kier molecular flexibility index (Phi) is 2.58. The van der Waals surface area contributed by atoms with Crippen LogP contribution in [0.15, 0.2) is 0 Å². The zero-order valence-corrected chi connectivity index (χ0v) is 13.6. The highest BCUT2D eigenvalue weighted by molar-refractivity contribution is 5.15. The number of epoxide rings is 1. The van der Waals surface area contributed by atoms with Crippen molar-refractivity contribution in [3.8, 4) is 0 Å². The molecule has 1 saturated heterocycles. The number of fused-ring (bicyclic) bond motifs is 7. The first-order chi connectivity index (χ1) is 10.0. The van der Waals surface area contributed by atoms with Gasteiger partial charge in [0.1, 0.15) is 0 Å². The van der Waals surface area contributed by atoms with Crippen LogP contribution in [0.4, 0.5) is 0 Å². The number of aliphatic hydroxyl groups is 1. The van der Waals surface area contributed by atoms with Crippen LogP contribution in [0.1, 0.15) is 65.2 Å². The molecule has 1 N–H and O–H groups in total. The first kappa shape index (κ1) is 13.4. The van der Waals surface area contributed by atoms with Gasteiger partial charge in [-0.25, -0.2) is 0 Å². The van der Waals surface area contributed by atoms with Crippen LogP contribution in [0.5, 0.6) is 0 Å². The van der Waals surface area contributed by atoms with Crippen LogP contribution >= 0.6 is 0 Å². The molecule has 2 nitrogen and oxygen atoms in total. The molecule has 0 spiro atoms. The molecule has 0 aromatic heterocycles. The SMILES string of the molecule is C[C@]12C(CC[C@@H]3[C@@H]1CC[C@]1(C)[C@@H](O)CC[C@@H]31)CC[C@@H]1OC12. The number of rotatable bonds is 0. The van der Waals surface area contributed by atoms with E-state index in [1.807, 2.05) is 0 Å². The summed E-state index contributed by atoms with van der Waals surface area (Å²) < 4.78 is 6.11. The third-order valence-electron chi connectivity index (χ3n) is 8.91. The Balaban J connectivity index is 1.50. The second kappa shape index (κ2) is 4.06. The van der Waals surface area contributed by atoms with E-state index in [1.54, 1.807) is 0 Å². The maximum absolute atomic E-state index is 10.5. The Morgan fingerprint density at radius 1 is 0.905 bits per heavy atom. The fraction of sp³-hybridized carbons (Fsp3) is 1.00. The minimum Gasteiger partial charge on any atom is -0.393 e. The molecule has 5 fully saturated rings. The Morgan fingerprint density at radius 2 is 1.71 bits per heavy atom. The van der Waals surface area contributed by atoms with Gasteiger partial charge >= 0.3 is 0 Å². The van der Waals surface area contributed by atoms with Crippen molar-refractivity contribution in [3.63, 3.8) is 0 Å². The normalized spacial score (nSPS) is 65.0. The number of aliphatic hydroxyl groups excluding tert-OH is 1.